The average Bonchev–Trinajstić information content (AvgIpc) is 2.42. The Morgan fingerprint density at radius 2 is 2.15 bits per heavy atom. The van der Waals surface area contributed by atoms with Crippen molar-refractivity contribution in [2.24, 2.45) is 0 Å². The number of nitrogens with one attached hydrogen (secondary N) is 1. The lowest BCUT2D eigenvalue weighted by Gasteiger charge is -2.37. The lowest BCUT2D eigenvalue weighted by Crippen LogP contribution is -2.43. The molecule has 1 saturated carbocycles. The van der Waals surface area contributed by atoms with E-state index in [1.165, 1.54) is 6.42 Å². The van der Waals surface area contributed by atoms with Crippen LogP contribution in [0.25, 0.3) is 0 Å². The molecule has 1 heterocycles. The maximum absolute atomic E-state index is 9.24. The summed E-state index contributed by atoms with van der Waals surface area (Å²) in [5, 5.41) is 12.2. The first-order chi connectivity index (χ1) is 9.78. The van der Waals surface area contributed by atoms with Gasteiger partial charge in [0.1, 0.15) is 0 Å². The van der Waals surface area contributed by atoms with E-state index in [2.05, 4.69) is 20.3 Å². The molecule has 1 aromatic heterocycles. The van der Waals surface area contributed by atoms with Crippen LogP contribution in [0.4, 0.5) is 11.9 Å². The van der Waals surface area contributed by atoms with Crippen LogP contribution in [0.5, 0.6) is 6.01 Å². The molecule has 1 aliphatic carbocycles. The third-order valence-electron chi connectivity index (χ3n) is 3.38. The first-order valence-corrected chi connectivity index (χ1v) is 7.22. The summed E-state index contributed by atoms with van der Waals surface area (Å²) in [6.45, 7) is 3.23. The average molecular weight is 281 g/mol. The fourth-order valence-electron chi connectivity index (χ4n) is 2.10. The highest BCUT2D eigenvalue weighted by Gasteiger charge is 2.27. The summed E-state index contributed by atoms with van der Waals surface area (Å²) in [6.07, 6.45) is 4.35. The van der Waals surface area contributed by atoms with E-state index in [9.17, 15) is 5.11 Å². The highest BCUT2D eigenvalue weighted by atomic mass is 16.5. The van der Waals surface area contributed by atoms with Crippen LogP contribution in [0.15, 0.2) is 0 Å². The van der Waals surface area contributed by atoms with Crippen molar-refractivity contribution in [2.45, 2.75) is 38.6 Å². The monoisotopic (exact) mass is 281 g/mol. The van der Waals surface area contributed by atoms with Gasteiger partial charge < -0.3 is 20.1 Å². The van der Waals surface area contributed by atoms with Crippen molar-refractivity contribution in [2.75, 3.05) is 37.0 Å². The van der Waals surface area contributed by atoms with E-state index in [-0.39, 0.29) is 6.61 Å². The highest BCUT2D eigenvalue weighted by molar-refractivity contribution is 5.39. The fraction of sp³-hybridized carbons (Fsp3) is 0.769. The van der Waals surface area contributed by atoms with Crippen LogP contribution in [-0.4, -0.2) is 52.9 Å². The van der Waals surface area contributed by atoms with Crippen LogP contribution in [0, 0.1) is 0 Å². The summed E-state index contributed by atoms with van der Waals surface area (Å²) in [5.74, 6) is 1.07. The van der Waals surface area contributed by atoms with Crippen molar-refractivity contribution < 1.29 is 9.84 Å². The second-order valence-electron chi connectivity index (χ2n) is 4.84. The maximum Gasteiger partial charge on any atom is 0.323 e. The quantitative estimate of drug-likeness (QED) is 0.737. The van der Waals surface area contributed by atoms with Crippen molar-refractivity contribution >= 4 is 11.9 Å². The summed E-state index contributed by atoms with van der Waals surface area (Å²) in [4.78, 5) is 15.0. The first-order valence-electron chi connectivity index (χ1n) is 7.22. The molecule has 20 heavy (non-hydrogen) atoms. The molecule has 0 spiro atoms. The molecular weight excluding hydrogens is 258 g/mol. The minimum absolute atomic E-state index is 0.0855. The lowest BCUT2D eigenvalue weighted by atomic mass is 9.92. The van der Waals surface area contributed by atoms with Gasteiger partial charge in [-0.15, -0.1) is 0 Å². The van der Waals surface area contributed by atoms with Gasteiger partial charge in [0.05, 0.1) is 13.2 Å². The van der Waals surface area contributed by atoms with Crippen LogP contribution in [-0.2, 0) is 0 Å². The molecule has 0 bridgehead atoms. The number of rotatable bonds is 8. The van der Waals surface area contributed by atoms with Gasteiger partial charge in [0.25, 0.3) is 0 Å². The minimum atomic E-state index is 0.0855. The summed E-state index contributed by atoms with van der Waals surface area (Å²) < 4.78 is 5.51. The Morgan fingerprint density at radius 1 is 1.35 bits per heavy atom. The van der Waals surface area contributed by atoms with Crippen molar-refractivity contribution in [3.63, 3.8) is 0 Å². The smallest absolute Gasteiger partial charge is 0.323 e. The maximum atomic E-state index is 9.24. The molecule has 0 unspecified atom stereocenters. The Labute approximate surface area is 119 Å². The molecule has 7 heteroatoms. The van der Waals surface area contributed by atoms with Crippen LogP contribution in [0.3, 0.4) is 0 Å². The van der Waals surface area contributed by atoms with E-state index < -0.39 is 0 Å². The molecule has 1 aromatic rings. The van der Waals surface area contributed by atoms with Crippen molar-refractivity contribution in [3.8, 4) is 6.01 Å². The Kier molecular flexibility index (Phi) is 5.34. The Bertz CT molecular complexity index is 425. The number of aromatic nitrogens is 3. The first kappa shape index (κ1) is 14.8. The zero-order valence-electron chi connectivity index (χ0n) is 12.2. The third-order valence-corrected chi connectivity index (χ3v) is 3.38. The molecule has 2 N–H and O–H groups in total. The summed E-state index contributed by atoms with van der Waals surface area (Å²) in [5.41, 5.74) is 0. The van der Waals surface area contributed by atoms with Gasteiger partial charge in [-0.25, -0.2) is 0 Å². The number of ether oxygens (including phenoxy) is 1. The van der Waals surface area contributed by atoms with Gasteiger partial charge in [0.2, 0.25) is 11.9 Å². The summed E-state index contributed by atoms with van der Waals surface area (Å²) in [6, 6.07) is 0.747. The van der Waals surface area contributed by atoms with Gasteiger partial charge in [-0.3, -0.25) is 0 Å². The predicted octanol–water partition coefficient (Wildman–Crippen LogP) is 1.05. The van der Waals surface area contributed by atoms with Crippen LogP contribution >= 0.6 is 0 Å². The fourth-order valence-corrected chi connectivity index (χ4v) is 2.10. The van der Waals surface area contributed by atoms with Crippen LogP contribution in [0.2, 0.25) is 0 Å². The van der Waals surface area contributed by atoms with Crippen molar-refractivity contribution in [1.29, 1.82) is 0 Å². The van der Waals surface area contributed by atoms with Gasteiger partial charge in [-0.05, 0) is 25.7 Å². The molecule has 0 saturated heterocycles. The minimum Gasteiger partial charge on any atom is -0.463 e. The van der Waals surface area contributed by atoms with E-state index in [4.69, 9.17) is 4.74 Å². The molecular formula is C13H23N5O2. The zero-order valence-corrected chi connectivity index (χ0v) is 12.2. The largest absolute Gasteiger partial charge is 0.463 e. The highest BCUT2D eigenvalue weighted by Crippen LogP contribution is 2.28. The molecule has 112 valence electrons. The van der Waals surface area contributed by atoms with Crippen molar-refractivity contribution in [1.82, 2.24) is 15.0 Å². The standard InChI is InChI=1S/C13H23N5O2/c1-3-9-20-13-16-11(14-2)15-12(17-13)18(7-8-19)10-5-4-6-10/h10,19H,3-9H2,1-2H3,(H,14,15,16,17). The Balaban J connectivity index is 2.21. The predicted molar refractivity (Wildman–Crippen MR) is 77.2 cm³/mol. The van der Waals surface area contributed by atoms with E-state index >= 15 is 0 Å². The molecule has 1 aliphatic rings. The summed E-state index contributed by atoms with van der Waals surface area (Å²) in [7, 11) is 1.77. The van der Waals surface area contributed by atoms with E-state index in [0.29, 0.717) is 37.1 Å². The molecule has 2 rings (SSSR count). The summed E-state index contributed by atoms with van der Waals surface area (Å²) >= 11 is 0. The number of nitrogens with zero attached hydrogens (tertiary/aromatic N) is 4. The SMILES string of the molecule is CCCOc1nc(NC)nc(N(CCO)C2CCC2)n1. The molecule has 0 amide bonds. The molecule has 0 atom stereocenters. The van der Waals surface area contributed by atoms with Gasteiger partial charge in [-0.1, -0.05) is 6.92 Å². The van der Waals surface area contributed by atoms with Gasteiger partial charge >= 0.3 is 6.01 Å². The van der Waals surface area contributed by atoms with E-state index in [1.807, 2.05) is 11.8 Å². The third kappa shape index (κ3) is 3.47. The van der Waals surface area contributed by atoms with Gasteiger partial charge in [-0.2, -0.15) is 15.0 Å². The number of anilines is 2. The number of aliphatic hydroxyl groups excluding tert-OH is 1. The number of hydrogen-bond donors (Lipinski definition) is 2. The number of hydrogen-bond acceptors (Lipinski definition) is 7. The Hall–Kier alpha value is -1.63. The van der Waals surface area contributed by atoms with Gasteiger partial charge in [0, 0.05) is 19.6 Å². The zero-order chi connectivity index (χ0) is 14.4. The second kappa shape index (κ2) is 7.23. The molecule has 0 aromatic carbocycles. The van der Waals surface area contributed by atoms with Crippen LogP contribution in [0.1, 0.15) is 32.6 Å². The molecule has 1 fully saturated rings. The number of aliphatic hydroxyl groups is 1. The topological polar surface area (TPSA) is 83.4 Å². The molecule has 0 aliphatic heterocycles. The lowest BCUT2D eigenvalue weighted by molar-refractivity contribution is 0.277. The Morgan fingerprint density at radius 3 is 2.70 bits per heavy atom. The van der Waals surface area contributed by atoms with Crippen LogP contribution < -0.4 is 15.0 Å². The van der Waals surface area contributed by atoms with E-state index in [1.54, 1.807) is 7.05 Å². The second-order valence-corrected chi connectivity index (χ2v) is 4.84. The normalized spacial score (nSPS) is 14.8. The van der Waals surface area contributed by atoms with Gasteiger partial charge in [0.15, 0.2) is 0 Å². The molecule has 0 radical (unpaired) electrons. The van der Waals surface area contributed by atoms with Crippen molar-refractivity contribution in [3.05, 3.63) is 0 Å². The molecule has 7 nitrogen and oxygen atoms in total. The van der Waals surface area contributed by atoms with E-state index in [0.717, 1.165) is 19.3 Å².